The molecular weight excluding hydrogens is 142 g/mol. The highest BCUT2D eigenvalue weighted by molar-refractivity contribution is 8.00. The zero-order chi connectivity index (χ0) is 7.40. The summed E-state index contributed by atoms with van der Waals surface area (Å²) < 4.78 is 0. The molecule has 2 heteroatoms. The molecule has 0 radical (unpaired) electrons. The molecule has 56 valence electrons. The molecule has 1 atom stereocenters. The van der Waals surface area contributed by atoms with E-state index in [1.54, 1.807) is 0 Å². The molecule has 0 aromatic carbocycles. The van der Waals surface area contributed by atoms with Crippen LogP contribution in [0.4, 0.5) is 0 Å². The monoisotopic (exact) mass is 155 g/mol. The van der Waals surface area contributed by atoms with Gasteiger partial charge < -0.3 is 0 Å². The van der Waals surface area contributed by atoms with E-state index in [9.17, 15) is 0 Å². The van der Waals surface area contributed by atoms with Crippen LogP contribution >= 0.6 is 11.8 Å². The van der Waals surface area contributed by atoms with Crippen LogP contribution in [0.3, 0.4) is 0 Å². The Kier molecular flexibility index (Phi) is 3.08. The molecule has 0 aromatic heterocycles. The molecule has 1 saturated carbocycles. The number of hydrogen-bond acceptors (Lipinski definition) is 2. The predicted molar refractivity (Wildman–Crippen MR) is 44.9 cm³/mol. The average Bonchev–Trinajstić information content (AvgIpc) is 2.74. The zero-order valence-electron chi connectivity index (χ0n) is 6.34. The van der Waals surface area contributed by atoms with Crippen molar-refractivity contribution in [1.29, 1.82) is 5.26 Å². The van der Waals surface area contributed by atoms with Gasteiger partial charge in [-0.15, -0.1) is 11.8 Å². The lowest BCUT2D eigenvalue weighted by Crippen LogP contribution is -1.97. The molecule has 0 saturated heterocycles. The van der Waals surface area contributed by atoms with Crippen molar-refractivity contribution in [2.24, 2.45) is 5.92 Å². The SMILES string of the molecule is CCC(C#N)SCC1CC1. The molecule has 10 heavy (non-hydrogen) atoms. The minimum atomic E-state index is 0.251. The van der Waals surface area contributed by atoms with E-state index in [0.29, 0.717) is 0 Å². The van der Waals surface area contributed by atoms with Crippen LogP contribution in [0.25, 0.3) is 0 Å². The average molecular weight is 155 g/mol. The van der Waals surface area contributed by atoms with Crippen molar-refractivity contribution < 1.29 is 0 Å². The van der Waals surface area contributed by atoms with E-state index in [-0.39, 0.29) is 5.25 Å². The lowest BCUT2D eigenvalue weighted by Gasteiger charge is -2.02. The van der Waals surface area contributed by atoms with Gasteiger partial charge in [0, 0.05) is 0 Å². The van der Waals surface area contributed by atoms with Gasteiger partial charge in [-0.1, -0.05) is 6.92 Å². The summed E-state index contributed by atoms with van der Waals surface area (Å²) in [5, 5.41) is 8.84. The summed E-state index contributed by atoms with van der Waals surface area (Å²) in [6.07, 6.45) is 3.79. The van der Waals surface area contributed by atoms with Gasteiger partial charge in [-0.2, -0.15) is 5.26 Å². The third-order valence-electron chi connectivity index (χ3n) is 1.74. The highest BCUT2D eigenvalue weighted by atomic mass is 32.2. The minimum Gasteiger partial charge on any atom is -0.197 e. The molecule has 0 aromatic rings. The molecule has 0 amide bonds. The van der Waals surface area contributed by atoms with Gasteiger partial charge in [0.15, 0.2) is 0 Å². The first-order valence-electron chi connectivity index (χ1n) is 3.88. The van der Waals surface area contributed by atoms with Gasteiger partial charge >= 0.3 is 0 Å². The lowest BCUT2D eigenvalue weighted by atomic mass is 10.4. The van der Waals surface area contributed by atoms with Crippen LogP contribution in [0, 0.1) is 17.2 Å². The van der Waals surface area contributed by atoms with Crippen molar-refractivity contribution in [3.63, 3.8) is 0 Å². The van der Waals surface area contributed by atoms with E-state index in [2.05, 4.69) is 13.0 Å². The third-order valence-corrected chi connectivity index (χ3v) is 3.25. The zero-order valence-corrected chi connectivity index (χ0v) is 7.16. The summed E-state index contributed by atoms with van der Waals surface area (Å²) in [5.74, 6) is 2.17. The minimum absolute atomic E-state index is 0.251. The maximum Gasteiger partial charge on any atom is 0.0914 e. The lowest BCUT2D eigenvalue weighted by molar-refractivity contribution is 0.957. The Hall–Kier alpha value is -0.160. The smallest absolute Gasteiger partial charge is 0.0914 e. The van der Waals surface area contributed by atoms with Crippen LogP contribution in [0.1, 0.15) is 26.2 Å². The summed E-state index contributed by atoms with van der Waals surface area (Å²) in [6.45, 7) is 2.08. The predicted octanol–water partition coefficient (Wildman–Crippen LogP) is 2.43. The Morgan fingerprint density at radius 2 is 2.40 bits per heavy atom. The highest BCUT2D eigenvalue weighted by Crippen LogP contribution is 2.33. The van der Waals surface area contributed by atoms with E-state index in [1.165, 1.54) is 18.6 Å². The quantitative estimate of drug-likeness (QED) is 0.622. The first kappa shape index (κ1) is 7.94. The van der Waals surface area contributed by atoms with Crippen molar-refractivity contribution in [3.8, 4) is 6.07 Å². The topological polar surface area (TPSA) is 23.8 Å². The van der Waals surface area contributed by atoms with Gasteiger partial charge in [0.25, 0.3) is 0 Å². The molecule has 1 fully saturated rings. The Morgan fingerprint density at radius 1 is 1.70 bits per heavy atom. The first-order chi connectivity index (χ1) is 4.86. The van der Waals surface area contributed by atoms with E-state index >= 15 is 0 Å². The summed E-state index contributed by atoms with van der Waals surface area (Å²) >= 11 is 1.83. The van der Waals surface area contributed by atoms with Crippen molar-refractivity contribution >= 4 is 11.8 Å². The van der Waals surface area contributed by atoms with Crippen LogP contribution in [0.5, 0.6) is 0 Å². The van der Waals surface area contributed by atoms with Crippen molar-refractivity contribution in [2.45, 2.75) is 31.4 Å². The van der Waals surface area contributed by atoms with Gasteiger partial charge in [-0.3, -0.25) is 0 Å². The molecule has 0 bridgehead atoms. The highest BCUT2D eigenvalue weighted by Gasteiger charge is 2.22. The number of thioether (sulfide) groups is 1. The molecule has 0 heterocycles. The second-order valence-electron chi connectivity index (χ2n) is 2.80. The fourth-order valence-corrected chi connectivity index (χ4v) is 1.93. The van der Waals surface area contributed by atoms with E-state index in [0.717, 1.165) is 12.3 Å². The molecule has 1 unspecified atom stereocenters. The summed E-state index contributed by atoms with van der Waals surface area (Å²) in [7, 11) is 0. The van der Waals surface area contributed by atoms with Crippen molar-refractivity contribution in [2.75, 3.05) is 5.75 Å². The van der Waals surface area contributed by atoms with Crippen molar-refractivity contribution in [1.82, 2.24) is 0 Å². The standard InChI is InChI=1S/C8H13NS/c1-2-8(5-9)10-6-7-3-4-7/h7-8H,2-4,6H2,1H3. The molecule has 0 spiro atoms. The molecule has 0 aliphatic heterocycles. The Balaban J connectivity index is 2.04. The fraction of sp³-hybridized carbons (Fsp3) is 0.875. The molecule has 1 aliphatic rings. The number of hydrogen-bond donors (Lipinski definition) is 0. The van der Waals surface area contributed by atoms with Crippen LogP contribution in [-0.2, 0) is 0 Å². The number of nitrogens with zero attached hydrogens (tertiary/aromatic N) is 1. The largest absolute Gasteiger partial charge is 0.197 e. The summed E-state index contributed by atoms with van der Waals surface area (Å²) in [4.78, 5) is 0. The second-order valence-corrected chi connectivity index (χ2v) is 4.04. The van der Waals surface area contributed by atoms with Crippen LogP contribution in [-0.4, -0.2) is 11.0 Å². The summed E-state index contributed by atoms with van der Waals surface area (Å²) in [6, 6.07) is 2.30. The Morgan fingerprint density at radius 3 is 2.80 bits per heavy atom. The molecular formula is C8H13NS. The second kappa shape index (κ2) is 3.88. The normalized spacial score (nSPS) is 20.0. The van der Waals surface area contributed by atoms with E-state index in [4.69, 9.17) is 5.26 Å². The molecule has 1 aliphatic carbocycles. The molecule has 1 rings (SSSR count). The molecule has 0 N–H and O–H groups in total. The first-order valence-corrected chi connectivity index (χ1v) is 4.93. The van der Waals surface area contributed by atoms with E-state index in [1.807, 2.05) is 11.8 Å². The van der Waals surface area contributed by atoms with Crippen LogP contribution in [0.2, 0.25) is 0 Å². The Labute approximate surface area is 66.8 Å². The third kappa shape index (κ3) is 2.62. The van der Waals surface area contributed by atoms with Gasteiger partial charge in [0.2, 0.25) is 0 Å². The van der Waals surface area contributed by atoms with Gasteiger partial charge in [0.05, 0.1) is 11.3 Å². The van der Waals surface area contributed by atoms with Crippen molar-refractivity contribution in [3.05, 3.63) is 0 Å². The fourth-order valence-electron chi connectivity index (χ4n) is 0.783. The van der Waals surface area contributed by atoms with Crippen LogP contribution in [0.15, 0.2) is 0 Å². The molecule has 1 nitrogen and oxygen atoms in total. The maximum atomic E-state index is 8.59. The summed E-state index contributed by atoms with van der Waals surface area (Å²) in [5.41, 5.74) is 0. The van der Waals surface area contributed by atoms with E-state index < -0.39 is 0 Å². The number of nitriles is 1. The van der Waals surface area contributed by atoms with Gasteiger partial charge in [0.1, 0.15) is 0 Å². The Bertz CT molecular complexity index is 135. The van der Waals surface area contributed by atoms with Gasteiger partial charge in [-0.05, 0) is 30.9 Å². The maximum absolute atomic E-state index is 8.59. The van der Waals surface area contributed by atoms with Crippen LogP contribution < -0.4 is 0 Å². The number of rotatable bonds is 4. The van der Waals surface area contributed by atoms with Gasteiger partial charge in [-0.25, -0.2) is 0 Å².